The van der Waals surface area contributed by atoms with Crippen LogP contribution < -0.4 is 21.6 Å². The summed E-state index contributed by atoms with van der Waals surface area (Å²) in [6.07, 6.45) is -4.44. The number of hydrogen-bond donors (Lipinski definition) is 2. The van der Waals surface area contributed by atoms with Gasteiger partial charge in [0.2, 0.25) is 0 Å². The fraction of sp³-hybridized carbons (Fsp3) is 0.0455. The van der Waals surface area contributed by atoms with Gasteiger partial charge in [0.25, 0.3) is 0 Å². The lowest BCUT2D eigenvalue weighted by atomic mass is 10.1. The highest BCUT2D eigenvalue weighted by Gasteiger charge is 2.30. The van der Waals surface area contributed by atoms with Crippen molar-refractivity contribution >= 4 is 22.3 Å². The summed E-state index contributed by atoms with van der Waals surface area (Å²) in [5.41, 5.74) is 11.9. The number of ether oxygens (including phenoxy) is 1. The van der Waals surface area contributed by atoms with Crippen LogP contribution in [0.4, 0.5) is 24.5 Å². The van der Waals surface area contributed by atoms with Crippen molar-refractivity contribution in [2.24, 2.45) is 0 Å². The third kappa shape index (κ3) is 3.80. The summed E-state index contributed by atoms with van der Waals surface area (Å²) >= 11 is 0. The number of anilines is 2. The number of halogens is 3. The van der Waals surface area contributed by atoms with Crippen molar-refractivity contribution in [1.82, 2.24) is 0 Å². The molecule has 4 N–H and O–H groups in total. The molecule has 0 spiro atoms. The van der Waals surface area contributed by atoms with Gasteiger partial charge in [-0.3, -0.25) is 4.79 Å². The Morgan fingerprint density at radius 2 is 1.60 bits per heavy atom. The zero-order valence-electron chi connectivity index (χ0n) is 15.4. The molecule has 30 heavy (non-hydrogen) atoms. The maximum atomic E-state index is 12.7. The van der Waals surface area contributed by atoms with Crippen molar-refractivity contribution in [2.45, 2.75) is 6.18 Å². The Bertz CT molecular complexity index is 1300. The molecule has 152 valence electrons. The molecule has 4 aromatic rings. The Morgan fingerprint density at radius 3 is 2.30 bits per heavy atom. The van der Waals surface area contributed by atoms with E-state index in [1.54, 1.807) is 30.3 Å². The number of nitrogen functional groups attached to an aromatic ring is 2. The fourth-order valence-corrected chi connectivity index (χ4v) is 2.93. The Hall–Kier alpha value is -3.94. The molecule has 0 saturated carbocycles. The number of fused-ring (bicyclic) bond motifs is 1. The molecule has 0 amide bonds. The highest BCUT2D eigenvalue weighted by Crippen LogP contribution is 2.33. The molecular weight excluding hydrogens is 397 g/mol. The number of alkyl halides is 3. The first-order chi connectivity index (χ1) is 14.2. The van der Waals surface area contributed by atoms with Gasteiger partial charge in [0, 0.05) is 23.4 Å². The molecule has 0 saturated heterocycles. The van der Waals surface area contributed by atoms with Crippen LogP contribution in [0.5, 0.6) is 11.5 Å². The van der Waals surface area contributed by atoms with Crippen LogP contribution in [0.15, 0.2) is 75.9 Å². The zero-order valence-corrected chi connectivity index (χ0v) is 15.4. The summed E-state index contributed by atoms with van der Waals surface area (Å²) in [5.74, 6) is 0.865. The SMILES string of the molecule is Nc1ccc(N)c(Oc2ccc3oc(-c4ccc(C(F)(F)F)cc4)cc(=O)c3c2)c1. The minimum Gasteiger partial charge on any atom is -0.456 e. The molecule has 0 atom stereocenters. The second kappa shape index (κ2) is 7.14. The normalized spacial score (nSPS) is 11.6. The number of hydrogen-bond acceptors (Lipinski definition) is 5. The predicted octanol–water partition coefficient (Wildman–Crippen LogP) is 5.44. The van der Waals surface area contributed by atoms with Crippen LogP contribution in [0.25, 0.3) is 22.3 Å². The van der Waals surface area contributed by atoms with E-state index < -0.39 is 11.7 Å². The van der Waals surface area contributed by atoms with Crippen LogP contribution in [-0.2, 0) is 6.18 Å². The Labute approximate surface area is 168 Å². The molecule has 0 radical (unpaired) electrons. The summed E-state index contributed by atoms with van der Waals surface area (Å²) in [5, 5.41) is 0.255. The molecule has 0 aliphatic rings. The van der Waals surface area contributed by atoms with E-state index in [0.29, 0.717) is 28.4 Å². The van der Waals surface area contributed by atoms with E-state index >= 15 is 0 Å². The van der Waals surface area contributed by atoms with E-state index in [9.17, 15) is 18.0 Å². The van der Waals surface area contributed by atoms with Crippen LogP contribution in [0.2, 0.25) is 0 Å². The number of benzene rings is 3. The smallest absolute Gasteiger partial charge is 0.416 e. The number of nitrogens with two attached hydrogens (primary N) is 2. The van der Waals surface area contributed by atoms with Gasteiger partial charge >= 0.3 is 6.18 Å². The summed E-state index contributed by atoms with van der Waals surface area (Å²) in [7, 11) is 0. The van der Waals surface area contributed by atoms with E-state index in [1.165, 1.54) is 24.3 Å². The molecule has 1 aromatic heterocycles. The van der Waals surface area contributed by atoms with Gasteiger partial charge in [-0.1, -0.05) is 12.1 Å². The van der Waals surface area contributed by atoms with E-state index in [1.807, 2.05) is 0 Å². The first-order valence-electron chi connectivity index (χ1n) is 8.79. The highest BCUT2D eigenvalue weighted by molar-refractivity contribution is 5.80. The van der Waals surface area contributed by atoms with Gasteiger partial charge in [-0.05, 0) is 42.5 Å². The molecule has 0 unspecified atom stereocenters. The first kappa shape index (κ1) is 19.4. The molecule has 0 aliphatic carbocycles. The van der Waals surface area contributed by atoms with Crippen molar-refractivity contribution in [1.29, 1.82) is 0 Å². The minimum atomic E-state index is -4.44. The van der Waals surface area contributed by atoms with E-state index in [0.717, 1.165) is 12.1 Å². The van der Waals surface area contributed by atoms with E-state index in [4.69, 9.17) is 20.6 Å². The van der Waals surface area contributed by atoms with Gasteiger partial charge in [-0.25, -0.2) is 0 Å². The Kier molecular flexibility index (Phi) is 4.62. The van der Waals surface area contributed by atoms with E-state index in [-0.39, 0.29) is 22.2 Å². The maximum Gasteiger partial charge on any atom is 0.416 e. The van der Waals surface area contributed by atoms with Crippen molar-refractivity contribution in [3.8, 4) is 22.8 Å². The minimum absolute atomic E-state index is 0.162. The van der Waals surface area contributed by atoms with Crippen LogP contribution in [0, 0.1) is 0 Å². The van der Waals surface area contributed by atoms with E-state index in [2.05, 4.69) is 0 Å². The molecule has 5 nitrogen and oxygen atoms in total. The monoisotopic (exact) mass is 412 g/mol. The first-order valence-corrected chi connectivity index (χ1v) is 8.79. The zero-order chi connectivity index (χ0) is 21.5. The average Bonchev–Trinajstić information content (AvgIpc) is 2.70. The standard InChI is InChI=1S/C22H15F3N2O3/c23-22(24,25)13-3-1-12(2-4-13)20-11-18(28)16-10-15(6-8-19(16)30-20)29-21-9-14(26)5-7-17(21)27/h1-11H,26-27H2. The Morgan fingerprint density at radius 1 is 0.867 bits per heavy atom. The lowest BCUT2D eigenvalue weighted by Gasteiger charge is -2.10. The van der Waals surface area contributed by atoms with Gasteiger partial charge in [0.05, 0.1) is 16.6 Å². The van der Waals surface area contributed by atoms with Crippen molar-refractivity contribution in [3.05, 3.63) is 82.5 Å². The summed E-state index contributed by atoms with van der Waals surface area (Å²) < 4.78 is 49.6. The lowest BCUT2D eigenvalue weighted by Crippen LogP contribution is -2.04. The molecule has 0 aliphatic heterocycles. The fourth-order valence-electron chi connectivity index (χ4n) is 2.93. The molecule has 4 rings (SSSR count). The van der Waals surface area contributed by atoms with Crippen molar-refractivity contribution in [2.75, 3.05) is 11.5 Å². The average molecular weight is 412 g/mol. The van der Waals surface area contributed by atoms with Crippen LogP contribution in [-0.4, -0.2) is 0 Å². The maximum absolute atomic E-state index is 12.7. The largest absolute Gasteiger partial charge is 0.456 e. The van der Waals surface area contributed by atoms with Crippen LogP contribution >= 0.6 is 0 Å². The van der Waals surface area contributed by atoms with Crippen molar-refractivity contribution < 1.29 is 22.3 Å². The quantitative estimate of drug-likeness (QED) is 0.438. The van der Waals surface area contributed by atoms with Gasteiger partial charge in [0.15, 0.2) is 11.2 Å². The molecule has 8 heteroatoms. The highest BCUT2D eigenvalue weighted by atomic mass is 19.4. The molecule has 1 heterocycles. The molecular formula is C22H15F3N2O3. The second-order valence-corrected chi connectivity index (χ2v) is 6.61. The van der Waals surface area contributed by atoms with Gasteiger partial charge < -0.3 is 20.6 Å². The van der Waals surface area contributed by atoms with Gasteiger partial charge in [-0.15, -0.1) is 0 Å². The van der Waals surface area contributed by atoms with Crippen LogP contribution in [0.1, 0.15) is 5.56 Å². The number of rotatable bonds is 3. The third-order valence-corrected chi connectivity index (χ3v) is 4.46. The van der Waals surface area contributed by atoms with Gasteiger partial charge in [0.1, 0.15) is 17.1 Å². The molecule has 0 bridgehead atoms. The van der Waals surface area contributed by atoms with Crippen LogP contribution in [0.3, 0.4) is 0 Å². The third-order valence-electron chi connectivity index (χ3n) is 4.46. The van der Waals surface area contributed by atoms with Gasteiger partial charge in [-0.2, -0.15) is 13.2 Å². The molecule has 3 aromatic carbocycles. The topological polar surface area (TPSA) is 91.5 Å². The summed E-state index contributed by atoms with van der Waals surface area (Å²) in [4.78, 5) is 12.6. The summed E-state index contributed by atoms with van der Waals surface area (Å²) in [6.45, 7) is 0. The van der Waals surface area contributed by atoms with Crippen molar-refractivity contribution in [3.63, 3.8) is 0 Å². The summed E-state index contributed by atoms with van der Waals surface area (Å²) in [6, 6.07) is 15.1. The predicted molar refractivity (Wildman–Crippen MR) is 108 cm³/mol. The second-order valence-electron chi connectivity index (χ2n) is 6.61. The Balaban J connectivity index is 1.69. The lowest BCUT2D eigenvalue weighted by molar-refractivity contribution is -0.137. The molecule has 0 fully saturated rings.